The van der Waals surface area contributed by atoms with Crippen LogP contribution >= 0.6 is 12.2 Å². The lowest BCUT2D eigenvalue weighted by Gasteiger charge is -2.31. The Morgan fingerprint density at radius 1 is 1.50 bits per heavy atom. The average Bonchev–Trinajstić information content (AvgIpc) is 2.87. The van der Waals surface area contributed by atoms with Crippen molar-refractivity contribution in [3.63, 3.8) is 0 Å². The number of halogens is 1. The van der Waals surface area contributed by atoms with Gasteiger partial charge >= 0.3 is 0 Å². The first kappa shape index (κ1) is 19.1. The summed E-state index contributed by atoms with van der Waals surface area (Å²) in [5, 5.41) is 3.44. The van der Waals surface area contributed by atoms with Crippen molar-refractivity contribution < 1.29 is 17.5 Å². The van der Waals surface area contributed by atoms with E-state index in [1.807, 2.05) is 4.90 Å². The van der Waals surface area contributed by atoms with Crippen molar-refractivity contribution in [3.8, 4) is 0 Å². The van der Waals surface area contributed by atoms with Gasteiger partial charge in [0.2, 0.25) is 0 Å². The van der Waals surface area contributed by atoms with Crippen LogP contribution in [0, 0.1) is 12.7 Å². The van der Waals surface area contributed by atoms with E-state index in [0.717, 1.165) is 6.42 Å². The molecule has 2 rings (SSSR count). The van der Waals surface area contributed by atoms with E-state index in [4.69, 9.17) is 17.0 Å². The number of sulfone groups is 1. The molecule has 1 fully saturated rings. The van der Waals surface area contributed by atoms with Crippen molar-refractivity contribution in [3.05, 3.63) is 29.6 Å². The Labute approximate surface area is 148 Å². The maximum absolute atomic E-state index is 13.7. The van der Waals surface area contributed by atoms with E-state index in [1.165, 1.54) is 6.07 Å². The van der Waals surface area contributed by atoms with Gasteiger partial charge in [-0.2, -0.15) is 0 Å². The Morgan fingerprint density at radius 2 is 2.25 bits per heavy atom. The molecule has 0 amide bonds. The van der Waals surface area contributed by atoms with E-state index in [9.17, 15) is 12.8 Å². The molecule has 1 aromatic carbocycles. The summed E-state index contributed by atoms with van der Waals surface area (Å²) in [6.45, 7) is 2.85. The van der Waals surface area contributed by atoms with Crippen LogP contribution in [-0.4, -0.2) is 56.2 Å². The SMILES string of the molecule is COCCCN(C(=S)Nc1ccc(C)c(F)c1)[C@H]1CCS(=O)(=O)C1. The van der Waals surface area contributed by atoms with Crippen LogP contribution in [0.1, 0.15) is 18.4 Å². The molecular weight excluding hydrogens is 351 g/mol. The number of ether oxygens (including phenoxy) is 1. The highest BCUT2D eigenvalue weighted by molar-refractivity contribution is 7.91. The molecule has 8 heteroatoms. The Kier molecular flexibility index (Phi) is 6.54. The molecule has 0 unspecified atom stereocenters. The number of hydrogen-bond acceptors (Lipinski definition) is 4. The highest BCUT2D eigenvalue weighted by atomic mass is 32.2. The van der Waals surface area contributed by atoms with Crippen molar-refractivity contribution in [2.45, 2.75) is 25.8 Å². The second kappa shape index (κ2) is 8.22. The predicted molar refractivity (Wildman–Crippen MR) is 97.6 cm³/mol. The summed E-state index contributed by atoms with van der Waals surface area (Å²) in [5.74, 6) is -0.0261. The topological polar surface area (TPSA) is 58.6 Å². The van der Waals surface area contributed by atoms with Crippen LogP contribution in [0.2, 0.25) is 0 Å². The zero-order valence-corrected chi connectivity index (χ0v) is 15.6. The zero-order chi connectivity index (χ0) is 17.7. The number of hydrogen-bond donors (Lipinski definition) is 1. The van der Waals surface area contributed by atoms with Crippen LogP contribution < -0.4 is 5.32 Å². The van der Waals surface area contributed by atoms with Crippen molar-refractivity contribution in [2.75, 3.05) is 37.1 Å². The van der Waals surface area contributed by atoms with Crippen LogP contribution in [0.3, 0.4) is 0 Å². The van der Waals surface area contributed by atoms with Gasteiger partial charge in [-0.1, -0.05) is 6.07 Å². The number of rotatable bonds is 6. The lowest BCUT2D eigenvalue weighted by molar-refractivity contribution is 0.181. The number of benzene rings is 1. The lowest BCUT2D eigenvalue weighted by Crippen LogP contribution is -2.44. The van der Waals surface area contributed by atoms with E-state index >= 15 is 0 Å². The number of methoxy groups -OCH3 is 1. The third kappa shape index (κ3) is 5.12. The molecule has 134 valence electrons. The molecule has 1 aliphatic heterocycles. The lowest BCUT2D eigenvalue weighted by atomic mass is 10.2. The third-order valence-corrected chi connectivity index (χ3v) is 6.17. The number of nitrogens with zero attached hydrogens (tertiary/aromatic N) is 1. The zero-order valence-electron chi connectivity index (χ0n) is 13.9. The number of nitrogens with one attached hydrogen (secondary N) is 1. The van der Waals surface area contributed by atoms with Crippen molar-refractivity contribution in [1.29, 1.82) is 0 Å². The summed E-state index contributed by atoms with van der Waals surface area (Å²) in [7, 11) is -1.39. The number of anilines is 1. The summed E-state index contributed by atoms with van der Waals surface area (Å²) in [5.41, 5.74) is 1.12. The molecule has 1 aromatic rings. The quantitative estimate of drug-likeness (QED) is 0.609. The second-order valence-electron chi connectivity index (χ2n) is 5.99. The monoisotopic (exact) mass is 374 g/mol. The first-order valence-corrected chi connectivity index (χ1v) is 10.1. The fraction of sp³-hybridized carbons (Fsp3) is 0.562. The van der Waals surface area contributed by atoms with E-state index < -0.39 is 9.84 Å². The molecule has 0 aliphatic carbocycles. The van der Waals surface area contributed by atoms with Crippen molar-refractivity contribution >= 4 is 32.9 Å². The normalized spacial score (nSPS) is 19.2. The summed E-state index contributed by atoms with van der Waals surface area (Å²) in [6, 6.07) is 4.67. The molecule has 1 aliphatic rings. The smallest absolute Gasteiger partial charge is 0.173 e. The van der Waals surface area contributed by atoms with Crippen LogP contribution in [0.25, 0.3) is 0 Å². The Balaban J connectivity index is 2.09. The van der Waals surface area contributed by atoms with Gasteiger partial charge in [-0.3, -0.25) is 0 Å². The molecule has 1 N–H and O–H groups in total. The molecule has 1 saturated heterocycles. The van der Waals surface area contributed by atoms with Gasteiger partial charge in [-0.15, -0.1) is 0 Å². The van der Waals surface area contributed by atoms with E-state index in [2.05, 4.69) is 5.32 Å². The molecule has 0 spiro atoms. The minimum atomic E-state index is -3.01. The van der Waals surface area contributed by atoms with Gasteiger partial charge < -0.3 is 15.0 Å². The number of aryl methyl sites for hydroxylation is 1. The highest BCUT2D eigenvalue weighted by Crippen LogP contribution is 2.20. The summed E-state index contributed by atoms with van der Waals surface area (Å²) in [6.07, 6.45) is 1.29. The molecule has 0 bridgehead atoms. The first-order valence-electron chi connectivity index (χ1n) is 7.85. The molecule has 5 nitrogen and oxygen atoms in total. The van der Waals surface area contributed by atoms with Gasteiger partial charge in [0.25, 0.3) is 0 Å². The minimum absolute atomic E-state index is 0.101. The van der Waals surface area contributed by atoms with Crippen LogP contribution in [0.4, 0.5) is 10.1 Å². The Bertz CT molecular complexity index is 695. The van der Waals surface area contributed by atoms with Gasteiger partial charge in [0.1, 0.15) is 5.82 Å². The summed E-state index contributed by atoms with van der Waals surface area (Å²) < 4.78 is 42.3. The van der Waals surface area contributed by atoms with Crippen LogP contribution in [-0.2, 0) is 14.6 Å². The highest BCUT2D eigenvalue weighted by Gasteiger charge is 2.33. The maximum Gasteiger partial charge on any atom is 0.173 e. The molecule has 1 heterocycles. The van der Waals surface area contributed by atoms with Crippen LogP contribution in [0.5, 0.6) is 0 Å². The largest absolute Gasteiger partial charge is 0.385 e. The molecule has 0 aromatic heterocycles. The minimum Gasteiger partial charge on any atom is -0.385 e. The van der Waals surface area contributed by atoms with Crippen molar-refractivity contribution in [2.24, 2.45) is 0 Å². The molecule has 24 heavy (non-hydrogen) atoms. The molecule has 0 radical (unpaired) electrons. The second-order valence-corrected chi connectivity index (χ2v) is 8.61. The summed E-state index contributed by atoms with van der Waals surface area (Å²) >= 11 is 5.45. The first-order chi connectivity index (χ1) is 11.3. The van der Waals surface area contributed by atoms with Gasteiger partial charge in [-0.05, 0) is 49.7 Å². The fourth-order valence-electron chi connectivity index (χ4n) is 2.72. The van der Waals surface area contributed by atoms with Gasteiger partial charge in [0.15, 0.2) is 14.9 Å². The third-order valence-electron chi connectivity index (χ3n) is 4.08. The van der Waals surface area contributed by atoms with E-state index in [1.54, 1.807) is 26.2 Å². The molecule has 0 saturated carbocycles. The average molecular weight is 375 g/mol. The standard InChI is InChI=1S/C16H23FN2O3S2/c1-12-4-5-13(10-15(12)17)18-16(23)19(7-3-8-22-2)14-6-9-24(20,21)11-14/h4-5,10,14H,3,6-9,11H2,1-2H3,(H,18,23)/t14-/m0/s1. The Morgan fingerprint density at radius 3 is 2.83 bits per heavy atom. The number of thiocarbonyl (C=S) groups is 1. The van der Waals surface area contributed by atoms with Crippen molar-refractivity contribution in [1.82, 2.24) is 4.90 Å². The van der Waals surface area contributed by atoms with Crippen LogP contribution in [0.15, 0.2) is 18.2 Å². The van der Waals surface area contributed by atoms with Gasteiger partial charge in [0, 0.05) is 32.0 Å². The summed E-state index contributed by atoms with van der Waals surface area (Å²) in [4.78, 5) is 1.89. The van der Waals surface area contributed by atoms with Gasteiger partial charge in [-0.25, -0.2) is 12.8 Å². The van der Waals surface area contributed by atoms with E-state index in [-0.39, 0.29) is 23.4 Å². The fourth-order valence-corrected chi connectivity index (χ4v) is 4.81. The molecular formula is C16H23FN2O3S2. The predicted octanol–water partition coefficient (Wildman–Crippen LogP) is 2.36. The van der Waals surface area contributed by atoms with E-state index in [0.29, 0.717) is 35.9 Å². The molecule has 1 atom stereocenters. The maximum atomic E-state index is 13.7. The Hall–Kier alpha value is -1.25. The van der Waals surface area contributed by atoms with Gasteiger partial charge in [0.05, 0.1) is 11.5 Å².